The van der Waals surface area contributed by atoms with Gasteiger partial charge in [0.25, 0.3) is 5.91 Å². The van der Waals surface area contributed by atoms with Crippen molar-refractivity contribution in [2.24, 2.45) is 0 Å². The van der Waals surface area contributed by atoms with Crippen molar-refractivity contribution in [2.75, 3.05) is 13.6 Å². The Morgan fingerprint density at radius 1 is 1.24 bits per heavy atom. The molecule has 1 aromatic heterocycles. The third-order valence-electron chi connectivity index (χ3n) is 5.48. The van der Waals surface area contributed by atoms with E-state index in [1.54, 1.807) is 7.05 Å². The summed E-state index contributed by atoms with van der Waals surface area (Å²) in [5.74, 6) is 1.12. The molecule has 0 unspecified atom stereocenters. The second-order valence-corrected chi connectivity index (χ2v) is 7.16. The summed E-state index contributed by atoms with van der Waals surface area (Å²) in [4.78, 5) is 22.7. The number of nitrogens with zero attached hydrogens (tertiary/aromatic N) is 2. The van der Waals surface area contributed by atoms with Crippen LogP contribution >= 0.6 is 0 Å². The van der Waals surface area contributed by atoms with Crippen LogP contribution in [-0.4, -0.2) is 34.4 Å². The van der Waals surface area contributed by atoms with Crippen LogP contribution in [0.2, 0.25) is 0 Å². The van der Waals surface area contributed by atoms with E-state index in [2.05, 4.69) is 27.3 Å². The number of fused-ring (bicyclic) bond motifs is 1. The molecule has 1 aromatic carbocycles. The summed E-state index contributed by atoms with van der Waals surface area (Å²) in [7, 11) is 1.66. The molecule has 5 nitrogen and oxygen atoms in total. The number of amides is 1. The lowest BCUT2D eigenvalue weighted by Gasteiger charge is -2.23. The molecule has 2 aromatic rings. The van der Waals surface area contributed by atoms with E-state index in [-0.39, 0.29) is 5.91 Å². The smallest absolute Gasteiger partial charge is 0.251 e. The van der Waals surface area contributed by atoms with Crippen molar-refractivity contribution < 1.29 is 4.79 Å². The highest BCUT2D eigenvalue weighted by Gasteiger charge is 2.29. The lowest BCUT2D eigenvalue weighted by atomic mass is 10.0. The van der Waals surface area contributed by atoms with E-state index < -0.39 is 0 Å². The quantitative estimate of drug-likeness (QED) is 0.901. The van der Waals surface area contributed by atoms with E-state index in [1.165, 1.54) is 42.6 Å². The standard InChI is InChI=1S/C20H26N4O/c1-21-20(25)15-10-8-14(9-11-15)13-24-12-4-7-18(24)19-22-16-5-2-3-6-17(16)23-19/h8-11,18H,2-7,12-13H2,1H3,(H,21,25)(H,22,23)/t18-/m1/s1. The van der Waals surface area contributed by atoms with Gasteiger partial charge >= 0.3 is 0 Å². The van der Waals surface area contributed by atoms with Crippen LogP contribution in [0.5, 0.6) is 0 Å². The first-order valence-corrected chi connectivity index (χ1v) is 9.37. The second kappa shape index (κ2) is 7.00. The third kappa shape index (κ3) is 3.33. The van der Waals surface area contributed by atoms with E-state index >= 15 is 0 Å². The van der Waals surface area contributed by atoms with Crippen LogP contribution in [0.4, 0.5) is 0 Å². The van der Waals surface area contributed by atoms with E-state index in [1.807, 2.05) is 12.1 Å². The van der Waals surface area contributed by atoms with Gasteiger partial charge in [0, 0.05) is 24.8 Å². The molecule has 0 bridgehead atoms. The van der Waals surface area contributed by atoms with E-state index in [4.69, 9.17) is 4.98 Å². The Morgan fingerprint density at radius 3 is 2.80 bits per heavy atom. The molecule has 0 saturated carbocycles. The summed E-state index contributed by atoms with van der Waals surface area (Å²) in [5.41, 5.74) is 4.62. The van der Waals surface area contributed by atoms with Gasteiger partial charge in [0.05, 0.1) is 11.7 Å². The van der Waals surface area contributed by atoms with Gasteiger partial charge in [-0.25, -0.2) is 4.98 Å². The number of imidazole rings is 1. The number of benzene rings is 1. The number of nitrogens with one attached hydrogen (secondary N) is 2. The Hall–Kier alpha value is -2.14. The van der Waals surface area contributed by atoms with Crippen molar-refractivity contribution in [2.45, 2.75) is 51.1 Å². The Kier molecular flexibility index (Phi) is 4.57. The van der Waals surface area contributed by atoms with Crippen molar-refractivity contribution in [3.63, 3.8) is 0 Å². The average Bonchev–Trinajstić information content (AvgIpc) is 3.27. The molecular weight excluding hydrogens is 312 g/mol. The van der Waals surface area contributed by atoms with E-state index in [0.717, 1.165) is 31.8 Å². The number of aryl methyl sites for hydroxylation is 2. The van der Waals surface area contributed by atoms with Crippen molar-refractivity contribution >= 4 is 5.91 Å². The van der Waals surface area contributed by atoms with Crippen LogP contribution in [0.15, 0.2) is 24.3 Å². The fraction of sp³-hybridized carbons (Fsp3) is 0.500. The molecule has 5 heteroatoms. The SMILES string of the molecule is CNC(=O)c1ccc(CN2CCC[C@@H]2c2nc3c([nH]2)CCCC3)cc1. The highest BCUT2D eigenvalue weighted by molar-refractivity contribution is 5.93. The van der Waals surface area contributed by atoms with Crippen molar-refractivity contribution in [1.82, 2.24) is 20.2 Å². The molecular formula is C20H26N4O. The largest absolute Gasteiger partial charge is 0.355 e. The third-order valence-corrected chi connectivity index (χ3v) is 5.48. The summed E-state index contributed by atoms with van der Waals surface area (Å²) in [6.45, 7) is 2.01. The molecule has 4 rings (SSSR count). The molecule has 1 aliphatic heterocycles. The first kappa shape index (κ1) is 16.3. The second-order valence-electron chi connectivity index (χ2n) is 7.16. The van der Waals surface area contributed by atoms with Crippen LogP contribution in [0.1, 0.15) is 64.9 Å². The molecule has 2 aliphatic rings. The summed E-state index contributed by atoms with van der Waals surface area (Å²) in [6.07, 6.45) is 7.20. The van der Waals surface area contributed by atoms with Gasteiger partial charge in [0.15, 0.2) is 0 Å². The molecule has 1 aliphatic carbocycles. The first-order chi connectivity index (χ1) is 12.2. The Bertz CT molecular complexity index is 726. The van der Waals surface area contributed by atoms with Gasteiger partial charge in [-0.15, -0.1) is 0 Å². The van der Waals surface area contributed by atoms with Crippen LogP contribution in [-0.2, 0) is 19.4 Å². The predicted octanol–water partition coefficient (Wildman–Crippen LogP) is 2.99. The highest BCUT2D eigenvalue weighted by atomic mass is 16.1. The van der Waals surface area contributed by atoms with Gasteiger partial charge in [0.1, 0.15) is 5.82 Å². The highest BCUT2D eigenvalue weighted by Crippen LogP contribution is 2.33. The number of likely N-dealkylation sites (tertiary alicyclic amines) is 1. The summed E-state index contributed by atoms with van der Waals surface area (Å²) in [5, 5.41) is 2.66. The molecule has 1 amide bonds. The molecule has 1 atom stereocenters. The lowest BCUT2D eigenvalue weighted by Crippen LogP contribution is -2.24. The minimum Gasteiger partial charge on any atom is -0.355 e. The Labute approximate surface area is 148 Å². The van der Waals surface area contributed by atoms with Crippen LogP contribution < -0.4 is 5.32 Å². The monoisotopic (exact) mass is 338 g/mol. The van der Waals surface area contributed by atoms with Gasteiger partial charge in [-0.1, -0.05) is 12.1 Å². The van der Waals surface area contributed by atoms with Crippen LogP contribution in [0.3, 0.4) is 0 Å². The number of carbonyl (C=O) groups excluding carboxylic acids is 1. The molecule has 0 spiro atoms. The van der Waals surface area contributed by atoms with Gasteiger partial charge in [-0.3, -0.25) is 9.69 Å². The number of aromatic nitrogens is 2. The molecule has 1 saturated heterocycles. The van der Waals surface area contributed by atoms with E-state index in [9.17, 15) is 4.79 Å². The maximum Gasteiger partial charge on any atom is 0.251 e. The van der Waals surface area contributed by atoms with Crippen molar-refractivity contribution in [1.29, 1.82) is 0 Å². The maximum atomic E-state index is 11.7. The molecule has 25 heavy (non-hydrogen) atoms. The number of H-pyrrole nitrogens is 1. The van der Waals surface area contributed by atoms with Crippen LogP contribution in [0.25, 0.3) is 0 Å². The van der Waals surface area contributed by atoms with Crippen molar-refractivity contribution in [3.8, 4) is 0 Å². The molecule has 0 radical (unpaired) electrons. The van der Waals surface area contributed by atoms with Gasteiger partial charge in [0.2, 0.25) is 0 Å². The fourth-order valence-corrected chi connectivity index (χ4v) is 4.10. The zero-order chi connectivity index (χ0) is 17.2. The topological polar surface area (TPSA) is 61.0 Å². The Morgan fingerprint density at radius 2 is 2.04 bits per heavy atom. The minimum absolute atomic E-state index is 0.0354. The zero-order valence-corrected chi connectivity index (χ0v) is 14.8. The fourth-order valence-electron chi connectivity index (χ4n) is 4.10. The normalized spacial score (nSPS) is 20.4. The summed E-state index contributed by atoms with van der Waals surface area (Å²) < 4.78 is 0. The first-order valence-electron chi connectivity index (χ1n) is 9.37. The number of aromatic amines is 1. The van der Waals surface area contributed by atoms with Crippen LogP contribution in [0, 0.1) is 0 Å². The molecule has 2 heterocycles. The summed E-state index contributed by atoms with van der Waals surface area (Å²) >= 11 is 0. The van der Waals surface area contributed by atoms with Gasteiger partial charge < -0.3 is 10.3 Å². The number of rotatable bonds is 4. The molecule has 132 valence electrons. The van der Waals surface area contributed by atoms with Crippen molar-refractivity contribution in [3.05, 3.63) is 52.6 Å². The average molecular weight is 338 g/mol. The Balaban J connectivity index is 1.48. The lowest BCUT2D eigenvalue weighted by molar-refractivity contribution is 0.0963. The predicted molar refractivity (Wildman–Crippen MR) is 97.4 cm³/mol. The number of hydrogen-bond acceptors (Lipinski definition) is 3. The van der Waals surface area contributed by atoms with Gasteiger partial charge in [-0.05, 0) is 62.8 Å². The molecule has 2 N–H and O–H groups in total. The maximum absolute atomic E-state index is 11.7. The summed E-state index contributed by atoms with van der Waals surface area (Å²) in [6, 6.07) is 8.33. The van der Waals surface area contributed by atoms with E-state index in [0.29, 0.717) is 11.6 Å². The number of carbonyl (C=O) groups is 1. The van der Waals surface area contributed by atoms with Gasteiger partial charge in [-0.2, -0.15) is 0 Å². The molecule has 1 fully saturated rings. The number of hydrogen-bond donors (Lipinski definition) is 2. The minimum atomic E-state index is -0.0354. The zero-order valence-electron chi connectivity index (χ0n) is 14.8.